The van der Waals surface area contributed by atoms with Crippen molar-refractivity contribution in [1.29, 1.82) is 0 Å². The van der Waals surface area contributed by atoms with Gasteiger partial charge in [0.15, 0.2) is 0 Å². The van der Waals surface area contributed by atoms with Gasteiger partial charge in [-0.05, 0) is 80.6 Å². The molecule has 3 heterocycles. The Bertz CT molecular complexity index is 3570. The van der Waals surface area contributed by atoms with E-state index in [0.717, 1.165) is 105 Å². The van der Waals surface area contributed by atoms with Crippen LogP contribution in [0.2, 0.25) is 0 Å². The zero-order valence-electron chi connectivity index (χ0n) is 32.9. The van der Waals surface area contributed by atoms with E-state index in [1.807, 2.05) is 12.1 Å². The molecule has 0 aliphatic carbocycles. The molecule has 0 radical (unpaired) electrons. The van der Waals surface area contributed by atoms with Gasteiger partial charge in [0.25, 0.3) is 0 Å². The van der Waals surface area contributed by atoms with Gasteiger partial charge in [-0.3, -0.25) is 4.99 Å². The Kier molecular flexibility index (Phi) is 7.85. The molecular formula is C56H38N2O2. The van der Waals surface area contributed by atoms with Gasteiger partial charge in [-0.15, -0.1) is 0 Å². The molecule has 2 aromatic heterocycles. The largest absolute Gasteiger partial charge is 0.456 e. The van der Waals surface area contributed by atoms with Crippen molar-refractivity contribution in [2.45, 2.75) is 19.5 Å². The molecule has 284 valence electrons. The molecule has 4 nitrogen and oxygen atoms in total. The number of allylic oxidation sites excluding steroid dienone is 1. The van der Waals surface area contributed by atoms with Gasteiger partial charge in [-0.2, -0.15) is 0 Å². The van der Waals surface area contributed by atoms with Crippen molar-refractivity contribution in [3.05, 3.63) is 210 Å². The van der Waals surface area contributed by atoms with E-state index in [-0.39, 0.29) is 6.17 Å². The fourth-order valence-electron chi connectivity index (χ4n) is 9.53. The lowest BCUT2D eigenvalue weighted by Gasteiger charge is -2.22. The van der Waals surface area contributed by atoms with Crippen LogP contribution < -0.4 is 5.32 Å². The van der Waals surface area contributed by atoms with E-state index in [2.05, 4.69) is 188 Å². The molecular weight excluding hydrogens is 733 g/mol. The van der Waals surface area contributed by atoms with Crippen LogP contribution in [-0.4, -0.2) is 5.71 Å². The highest BCUT2D eigenvalue weighted by Crippen LogP contribution is 2.44. The van der Waals surface area contributed by atoms with E-state index in [9.17, 15) is 0 Å². The molecule has 12 rings (SSSR count). The van der Waals surface area contributed by atoms with Gasteiger partial charge in [-0.25, -0.2) is 0 Å². The van der Waals surface area contributed by atoms with E-state index in [0.29, 0.717) is 6.42 Å². The lowest BCUT2D eigenvalue weighted by molar-refractivity contribution is 0.668. The summed E-state index contributed by atoms with van der Waals surface area (Å²) < 4.78 is 13.1. The highest BCUT2D eigenvalue weighted by Gasteiger charge is 2.26. The summed E-state index contributed by atoms with van der Waals surface area (Å²) >= 11 is 0. The summed E-state index contributed by atoms with van der Waals surface area (Å²) in [4.78, 5) is 5.68. The van der Waals surface area contributed by atoms with Crippen LogP contribution in [0.4, 0.5) is 0 Å². The molecule has 60 heavy (non-hydrogen) atoms. The topological polar surface area (TPSA) is 50.7 Å². The van der Waals surface area contributed by atoms with E-state index < -0.39 is 0 Å². The van der Waals surface area contributed by atoms with Crippen LogP contribution in [0.5, 0.6) is 0 Å². The third-order valence-corrected chi connectivity index (χ3v) is 12.3. The lowest BCUT2D eigenvalue weighted by Crippen LogP contribution is -2.19. The number of nitrogens with zero attached hydrogens (tertiary/aromatic N) is 1. The van der Waals surface area contributed by atoms with Gasteiger partial charge in [0, 0.05) is 56.1 Å². The number of fused-ring (bicyclic) bond motifs is 8. The monoisotopic (exact) mass is 770 g/mol. The molecule has 1 unspecified atom stereocenters. The molecule has 1 N–H and O–H groups in total. The Hall–Kier alpha value is -7.69. The summed E-state index contributed by atoms with van der Waals surface area (Å²) in [6.07, 6.45) is 0.310. The summed E-state index contributed by atoms with van der Waals surface area (Å²) in [5.41, 5.74) is 14.8. The molecule has 4 heteroatoms. The minimum absolute atomic E-state index is 0.384. The van der Waals surface area contributed by atoms with Crippen LogP contribution in [-0.2, 0) is 0 Å². The minimum atomic E-state index is -0.384. The van der Waals surface area contributed by atoms with Crippen LogP contribution in [0, 0.1) is 0 Å². The van der Waals surface area contributed by atoms with Gasteiger partial charge < -0.3 is 14.2 Å². The summed E-state index contributed by atoms with van der Waals surface area (Å²) in [5.74, 6) is 0. The number of hydrogen-bond acceptors (Lipinski definition) is 4. The van der Waals surface area contributed by atoms with Crippen molar-refractivity contribution >= 4 is 76.8 Å². The van der Waals surface area contributed by atoms with E-state index in [1.165, 1.54) is 16.3 Å². The molecule has 11 aromatic rings. The Morgan fingerprint density at radius 1 is 0.467 bits per heavy atom. The number of aliphatic imine (C=N–C) groups is 1. The third-order valence-electron chi connectivity index (χ3n) is 12.3. The van der Waals surface area contributed by atoms with E-state index in [1.54, 1.807) is 0 Å². The van der Waals surface area contributed by atoms with Gasteiger partial charge in [0.2, 0.25) is 0 Å². The van der Waals surface area contributed by atoms with Crippen LogP contribution in [0.1, 0.15) is 36.2 Å². The molecule has 1 aliphatic heterocycles. The Labute approximate surface area is 346 Å². The molecule has 0 spiro atoms. The van der Waals surface area contributed by atoms with Crippen molar-refractivity contribution in [3.8, 4) is 22.3 Å². The smallest absolute Gasteiger partial charge is 0.145 e. The number of benzene rings is 9. The Morgan fingerprint density at radius 2 is 1.12 bits per heavy atom. The molecule has 1 aliphatic rings. The van der Waals surface area contributed by atoms with E-state index in [4.69, 9.17) is 13.8 Å². The first-order valence-corrected chi connectivity index (χ1v) is 20.6. The van der Waals surface area contributed by atoms with Crippen molar-refractivity contribution in [3.63, 3.8) is 0 Å². The molecule has 9 aromatic carbocycles. The molecule has 0 amide bonds. The maximum Gasteiger partial charge on any atom is 0.145 e. The fourth-order valence-corrected chi connectivity index (χ4v) is 9.53. The number of nitrogens with one attached hydrogen (secondary N) is 1. The second-order valence-corrected chi connectivity index (χ2v) is 15.9. The Balaban J connectivity index is 1.06. The third kappa shape index (κ3) is 5.49. The van der Waals surface area contributed by atoms with E-state index >= 15 is 0 Å². The second kappa shape index (κ2) is 13.7. The van der Waals surface area contributed by atoms with Gasteiger partial charge in [-0.1, -0.05) is 164 Å². The fraction of sp³-hybridized carbons (Fsp3) is 0.0536. The summed E-state index contributed by atoms with van der Waals surface area (Å²) in [6.45, 7) is 2.24. The predicted molar refractivity (Wildman–Crippen MR) is 249 cm³/mol. The number of para-hydroxylation sites is 2. The zero-order valence-corrected chi connectivity index (χ0v) is 32.9. The van der Waals surface area contributed by atoms with Gasteiger partial charge >= 0.3 is 0 Å². The number of hydrogen-bond donors (Lipinski definition) is 1. The van der Waals surface area contributed by atoms with Gasteiger partial charge in [0.05, 0.1) is 0 Å². The Morgan fingerprint density at radius 3 is 1.98 bits per heavy atom. The molecule has 0 saturated heterocycles. The van der Waals surface area contributed by atoms with Crippen LogP contribution >= 0.6 is 0 Å². The second-order valence-electron chi connectivity index (χ2n) is 15.9. The lowest BCUT2D eigenvalue weighted by atomic mass is 9.91. The zero-order chi connectivity index (χ0) is 39.7. The molecule has 1 atom stereocenters. The summed E-state index contributed by atoms with van der Waals surface area (Å²) in [7, 11) is 0. The summed E-state index contributed by atoms with van der Waals surface area (Å²) in [6, 6.07) is 66.7. The highest BCUT2D eigenvalue weighted by molar-refractivity contribution is 6.18. The van der Waals surface area contributed by atoms with Crippen molar-refractivity contribution in [2.24, 2.45) is 4.99 Å². The highest BCUT2D eigenvalue weighted by atomic mass is 16.3. The van der Waals surface area contributed by atoms with Crippen molar-refractivity contribution in [2.75, 3.05) is 0 Å². The normalized spacial score (nSPS) is 14.7. The minimum Gasteiger partial charge on any atom is -0.456 e. The predicted octanol–water partition coefficient (Wildman–Crippen LogP) is 15.0. The standard InChI is InChI=1S/C56H38N2O2/c1-34-32-48(38-29-28-35-14-5-6-17-37(35)33-38)57-56(58-54(34)46-23-13-26-50-53(46)45-20-9-10-25-49(45)59-50)44-31-30-42(40-18-7-8-19-41(40)44)43-22-12-27-51-52(43)47-24-11-21-39(55(47)60-51)36-15-3-2-4-16-36/h2-31,33,56,58H,32H2,1H3. The average molecular weight is 771 g/mol. The van der Waals surface area contributed by atoms with Crippen molar-refractivity contribution < 1.29 is 8.83 Å². The van der Waals surface area contributed by atoms with Crippen LogP contribution in [0.15, 0.2) is 207 Å². The number of furan rings is 2. The first-order valence-electron chi connectivity index (χ1n) is 20.6. The molecule has 0 bridgehead atoms. The number of rotatable bonds is 5. The molecule has 0 fully saturated rings. The van der Waals surface area contributed by atoms with Gasteiger partial charge in [0.1, 0.15) is 28.5 Å². The molecule has 0 saturated carbocycles. The maximum absolute atomic E-state index is 6.70. The van der Waals surface area contributed by atoms with Crippen LogP contribution in [0.3, 0.4) is 0 Å². The first kappa shape index (κ1) is 34.4. The van der Waals surface area contributed by atoms with Crippen LogP contribution in [0.25, 0.3) is 93.4 Å². The quantitative estimate of drug-likeness (QED) is 0.190. The SMILES string of the molecule is CC1=C(c2cccc3oc4ccccc4c23)NC(c2ccc(-c3cccc4oc5c(-c6ccccc6)cccc5c34)c3ccccc23)N=C(c2ccc3ccccc3c2)C1. The summed E-state index contributed by atoms with van der Waals surface area (Å²) in [5, 5.41) is 13.2. The maximum atomic E-state index is 6.70. The average Bonchev–Trinajstić information content (AvgIpc) is 3.83. The first-order chi connectivity index (χ1) is 29.7. The van der Waals surface area contributed by atoms with Crippen molar-refractivity contribution in [1.82, 2.24) is 5.32 Å².